The Morgan fingerprint density at radius 3 is 2.05 bits per heavy atom. The highest BCUT2D eigenvalue weighted by molar-refractivity contribution is 6.02. The minimum absolute atomic E-state index is 0.101. The molecule has 4 nitrogen and oxygen atoms in total. The van der Waals surface area contributed by atoms with E-state index in [2.05, 4.69) is 19.2 Å². The van der Waals surface area contributed by atoms with Gasteiger partial charge in [-0.1, -0.05) is 32.1 Å². The molecule has 4 heteroatoms. The summed E-state index contributed by atoms with van der Waals surface area (Å²) >= 11 is 0. The van der Waals surface area contributed by atoms with E-state index in [0.29, 0.717) is 0 Å². The maximum Gasteiger partial charge on any atom is 0.249 e. The molecule has 3 aliphatic rings. The summed E-state index contributed by atoms with van der Waals surface area (Å²) < 4.78 is 0. The van der Waals surface area contributed by atoms with Crippen molar-refractivity contribution in [3.63, 3.8) is 0 Å². The third kappa shape index (κ3) is 1.80. The maximum atomic E-state index is 13.1. The lowest BCUT2D eigenvalue weighted by molar-refractivity contribution is -0.168. The fourth-order valence-electron chi connectivity index (χ4n) is 4.57. The summed E-state index contributed by atoms with van der Waals surface area (Å²) in [7, 11) is 0. The van der Waals surface area contributed by atoms with Gasteiger partial charge in [0.25, 0.3) is 0 Å². The number of hydrogen-bond donors (Lipinski definition) is 1. The average molecular weight is 278 g/mol. The van der Waals surface area contributed by atoms with Gasteiger partial charge in [0, 0.05) is 6.04 Å². The smallest absolute Gasteiger partial charge is 0.249 e. The maximum absolute atomic E-state index is 13.1. The van der Waals surface area contributed by atoms with Gasteiger partial charge >= 0.3 is 0 Å². The van der Waals surface area contributed by atoms with Crippen LogP contribution in [-0.4, -0.2) is 33.8 Å². The average Bonchev–Trinajstić information content (AvgIpc) is 2.87. The molecule has 0 radical (unpaired) electrons. The van der Waals surface area contributed by atoms with E-state index < -0.39 is 11.1 Å². The van der Waals surface area contributed by atoms with E-state index >= 15 is 0 Å². The van der Waals surface area contributed by atoms with Crippen LogP contribution in [0.2, 0.25) is 0 Å². The molecule has 3 fully saturated rings. The molecule has 2 spiro atoms. The van der Waals surface area contributed by atoms with Crippen LogP contribution in [0, 0.1) is 0 Å². The molecule has 1 heterocycles. The highest BCUT2D eigenvalue weighted by Gasteiger charge is 2.59. The van der Waals surface area contributed by atoms with Crippen molar-refractivity contribution in [2.24, 2.45) is 0 Å². The standard InChI is InChI=1S/C16H26N2O2/c1-12(2)18-14(20)15(8-6-7-9-15)17-13(19)16(18)10-4-3-5-11-16/h12H,3-11H2,1-2H3,(H,17,19). The zero-order valence-corrected chi connectivity index (χ0v) is 12.7. The number of rotatable bonds is 1. The Bertz CT molecular complexity index is 418. The summed E-state index contributed by atoms with van der Waals surface area (Å²) in [5.74, 6) is 0.305. The number of carbonyl (C=O) groups is 2. The van der Waals surface area contributed by atoms with Crippen LogP contribution in [-0.2, 0) is 9.59 Å². The van der Waals surface area contributed by atoms with Gasteiger partial charge in [0.15, 0.2) is 0 Å². The predicted molar refractivity (Wildman–Crippen MR) is 77.1 cm³/mol. The number of piperazine rings is 1. The molecule has 0 unspecified atom stereocenters. The predicted octanol–water partition coefficient (Wildman–Crippen LogP) is 2.37. The molecular formula is C16H26N2O2. The van der Waals surface area contributed by atoms with Crippen molar-refractivity contribution in [1.29, 1.82) is 0 Å². The first-order valence-electron chi connectivity index (χ1n) is 8.18. The quantitative estimate of drug-likeness (QED) is 0.800. The van der Waals surface area contributed by atoms with Gasteiger partial charge in [-0.2, -0.15) is 0 Å². The Kier molecular flexibility index (Phi) is 3.30. The van der Waals surface area contributed by atoms with Crippen LogP contribution in [0.3, 0.4) is 0 Å². The number of nitrogens with zero attached hydrogens (tertiary/aromatic N) is 1. The van der Waals surface area contributed by atoms with Crippen molar-refractivity contribution in [1.82, 2.24) is 10.2 Å². The molecule has 0 aromatic carbocycles. The van der Waals surface area contributed by atoms with Gasteiger partial charge in [-0.05, 0) is 39.5 Å². The van der Waals surface area contributed by atoms with Gasteiger partial charge in [0.1, 0.15) is 11.1 Å². The van der Waals surface area contributed by atoms with E-state index in [4.69, 9.17) is 0 Å². The number of hydrogen-bond acceptors (Lipinski definition) is 2. The monoisotopic (exact) mass is 278 g/mol. The third-order valence-electron chi connectivity index (χ3n) is 5.52. The first-order valence-corrected chi connectivity index (χ1v) is 8.18. The molecule has 112 valence electrons. The van der Waals surface area contributed by atoms with E-state index in [1.807, 2.05) is 4.90 Å². The van der Waals surface area contributed by atoms with Gasteiger partial charge in [-0.3, -0.25) is 9.59 Å². The Labute approximate surface area is 121 Å². The fourth-order valence-corrected chi connectivity index (χ4v) is 4.57. The van der Waals surface area contributed by atoms with E-state index in [9.17, 15) is 9.59 Å². The Balaban J connectivity index is 2.00. The third-order valence-corrected chi connectivity index (χ3v) is 5.52. The molecule has 2 amide bonds. The van der Waals surface area contributed by atoms with Crippen molar-refractivity contribution in [2.75, 3.05) is 0 Å². The Hall–Kier alpha value is -1.06. The zero-order valence-electron chi connectivity index (χ0n) is 12.7. The summed E-state index contributed by atoms with van der Waals surface area (Å²) in [6, 6.07) is 0.101. The summed E-state index contributed by atoms with van der Waals surface area (Å²) in [5, 5.41) is 3.16. The number of carbonyl (C=O) groups excluding carboxylic acids is 2. The molecule has 0 atom stereocenters. The van der Waals surface area contributed by atoms with Gasteiger partial charge in [-0.25, -0.2) is 0 Å². The van der Waals surface area contributed by atoms with Crippen molar-refractivity contribution in [3.05, 3.63) is 0 Å². The molecule has 1 aliphatic heterocycles. The van der Waals surface area contributed by atoms with E-state index in [1.54, 1.807) is 0 Å². The van der Waals surface area contributed by atoms with Crippen LogP contribution in [0.15, 0.2) is 0 Å². The minimum Gasteiger partial charge on any atom is -0.340 e. The van der Waals surface area contributed by atoms with Gasteiger partial charge in [-0.15, -0.1) is 0 Å². The second kappa shape index (κ2) is 4.74. The molecule has 0 bridgehead atoms. The van der Waals surface area contributed by atoms with Crippen molar-refractivity contribution >= 4 is 11.8 Å². The van der Waals surface area contributed by atoms with Crippen molar-refractivity contribution in [3.8, 4) is 0 Å². The Morgan fingerprint density at radius 1 is 0.950 bits per heavy atom. The summed E-state index contributed by atoms with van der Waals surface area (Å²) in [4.78, 5) is 28.0. The van der Waals surface area contributed by atoms with Crippen molar-refractivity contribution in [2.45, 2.75) is 88.8 Å². The molecule has 3 rings (SSSR count). The van der Waals surface area contributed by atoms with Crippen LogP contribution in [0.25, 0.3) is 0 Å². The molecule has 0 aromatic heterocycles. The second-order valence-corrected chi connectivity index (χ2v) is 7.10. The van der Waals surface area contributed by atoms with E-state index in [-0.39, 0.29) is 17.9 Å². The van der Waals surface area contributed by atoms with Crippen LogP contribution in [0.5, 0.6) is 0 Å². The highest BCUT2D eigenvalue weighted by Crippen LogP contribution is 2.43. The normalized spacial score (nSPS) is 28.4. The lowest BCUT2D eigenvalue weighted by atomic mass is 9.74. The first kappa shape index (κ1) is 13.9. The lowest BCUT2D eigenvalue weighted by Crippen LogP contribution is -2.76. The van der Waals surface area contributed by atoms with Crippen molar-refractivity contribution < 1.29 is 9.59 Å². The number of nitrogens with one attached hydrogen (secondary N) is 1. The second-order valence-electron chi connectivity index (χ2n) is 7.10. The highest BCUT2D eigenvalue weighted by atomic mass is 16.2. The first-order chi connectivity index (χ1) is 9.52. The molecule has 2 aliphatic carbocycles. The topological polar surface area (TPSA) is 49.4 Å². The summed E-state index contributed by atoms with van der Waals surface area (Å²) in [6.45, 7) is 4.10. The zero-order chi connectivity index (χ0) is 14.4. The van der Waals surface area contributed by atoms with E-state index in [1.165, 1.54) is 6.42 Å². The summed E-state index contributed by atoms with van der Waals surface area (Å²) in [6.07, 6.45) is 8.68. The van der Waals surface area contributed by atoms with Gasteiger partial charge in [0.05, 0.1) is 0 Å². The van der Waals surface area contributed by atoms with Crippen LogP contribution in [0.1, 0.15) is 71.6 Å². The van der Waals surface area contributed by atoms with Crippen LogP contribution in [0.4, 0.5) is 0 Å². The fraction of sp³-hybridized carbons (Fsp3) is 0.875. The lowest BCUT2D eigenvalue weighted by Gasteiger charge is -2.54. The van der Waals surface area contributed by atoms with Crippen LogP contribution < -0.4 is 5.32 Å². The molecular weight excluding hydrogens is 252 g/mol. The largest absolute Gasteiger partial charge is 0.340 e. The van der Waals surface area contributed by atoms with Gasteiger partial charge in [0.2, 0.25) is 11.8 Å². The molecule has 1 N–H and O–H groups in total. The summed E-state index contributed by atoms with van der Waals surface area (Å²) in [5.41, 5.74) is -1.14. The SMILES string of the molecule is CC(C)N1C(=O)C2(CCCC2)NC(=O)C12CCCCC2. The minimum atomic E-state index is -0.579. The molecule has 0 aromatic rings. The molecule has 1 saturated heterocycles. The number of amides is 2. The molecule has 2 saturated carbocycles. The Morgan fingerprint density at radius 2 is 1.50 bits per heavy atom. The molecule has 20 heavy (non-hydrogen) atoms. The van der Waals surface area contributed by atoms with E-state index in [0.717, 1.165) is 51.4 Å². The van der Waals surface area contributed by atoms with Gasteiger partial charge < -0.3 is 10.2 Å². The van der Waals surface area contributed by atoms with Crippen LogP contribution >= 0.6 is 0 Å².